The Bertz CT molecular complexity index is 594. The van der Waals surface area contributed by atoms with Gasteiger partial charge in [0.2, 0.25) is 0 Å². The summed E-state index contributed by atoms with van der Waals surface area (Å²) in [5.74, 6) is 0. The molecule has 1 aromatic carbocycles. The van der Waals surface area contributed by atoms with Crippen LogP contribution in [0.1, 0.15) is 135 Å². The lowest BCUT2D eigenvalue weighted by Crippen LogP contribution is -2.41. The molecule has 1 aliphatic heterocycles. The highest BCUT2D eigenvalue weighted by Gasteiger charge is 2.27. The Hall–Kier alpha value is -1.44. The van der Waals surface area contributed by atoms with Crippen molar-refractivity contribution in [2.75, 3.05) is 0 Å². The van der Waals surface area contributed by atoms with E-state index in [2.05, 4.69) is 73.3 Å². The van der Waals surface area contributed by atoms with Crippen LogP contribution in [0.2, 0.25) is 0 Å². The number of hydrogen-bond acceptors (Lipinski definition) is 2. The Balaban J connectivity index is 1.47. The summed E-state index contributed by atoms with van der Waals surface area (Å²) in [6.07, 6.45) is 29.4. The fourth-order valence-electron chi connectivity index (χ4n) is 5.19. The maximum Gasteiger partial charge on any atom is 0.101 e. The van der Waals surface area contributed by atoms with Gasteiger partial charge in [-0.2, -0.15) is 0 Å². The second-order valence-corrected chi connectivity index (χ2v) is 10.6. The molecule has 0 aromatic heterocycles. The zero-order chi connectivity index (χ0) is 23.6. The first-order chi connectivity index (χ1) is 16.2. The van der Waals surface area contributed by atoms with Crippen molar-refractivity contribution in [2.24, 2.45) is 0 Å². The van der Waals surface area contributed by atoms with Gasteiger partial charge in [-0.05, 0) is 32.3 Å². The Labute approximate surface area is 206 Å². The normalized spacial score (nSPS) is 15.8. The van der Waals surface area contributed by atoms with E-state index >= 15 is 0 Å². The Morgan fingerprint density at radius 2 is 1.12 bits per heavy atom. The van der Waals surface area contributed by atoms with Crippen LogP contribution in [-0.2, 0) is 6.54 Å². The van der Waals surface area contributed by atoms with Crippen LogP contribution in [0.3, 0.4) is 0 Å². The molecule has 0 amide bonds. The molecule has 2 heteroatoms. The lowest BCUT2D eigenvalue weighted by Gasteiger charge is -2.35. The molecule has 1 aromatic rings. The molecule has 0 saturated carbocycles. The Morgan fingerprint density at radius 1 is 0.636 bits per heavy atom. The quantitative estimate of drug-likeness (QED) is 0.181. The monoisotopic (exact) mass is 454 g/mol. The molecule has 1 unspecified atom stereocenters. The molecular weight excluding hydrogens is 400 g/mol. The van der Waals surface area contributed by atoms with Crippen LogP contribution in [0, 0.1) is 0 Å². The van der Waals surface area contributed by atoms with Crippen molar-refractivity contribution in [1.29, 1.82) is 0 Å². The third-order valence-electron chi connectivity index (χ3n) is 7.28. The number of rotatable bonds is 20. The summed E-state index contributed by atoms with van der Waals surface area (Å²) in [5, 5.41) is 0. The third kappa shape index (κ3) is 12.0. The second kappa shape index (κ2) is 18.0. The predicted molar refractivity (Wildman–Crippen MR) is 146 cm³/mol. The van der Waals surface area contributed by atoms with E-state index in [1.807, 2.05) is 0 Å². The molecule has 1 atom stereocenters. The van der Waals surface area contributed by atoms with Gasteiger partial charge in [0.15, 0.2) is 0 Å². The van der Waals surface area contributed by atoms with Gasteiger partial charge in [-0.15, -0.1) is 0 Å². The highest BCUT2D eigenvalue weighted by Crippen LogP contribution is 2.26. The van der Waals surface area contributed by atoms with Gasteiger partial charge in [0, 0.05) is 25.0 Å². The van der Waals surface area contributed by atoms with Gasteiger partial charge in [0.1, 0.15) is 6.17 Å². The molecule has 0 aliphatic carbocycles. The van der Waals surface area contributed by atoms with Crippen molar-refractivity contribution in [3.8, 4) is 0 Å². The maximum absolute atomic E-state index is 2.55. The van der Waals surface area contributed by atoms with E-state index in [-0.39, 0.29) is 0 Å². The van der Waals surface area contributed by atoms with E-state index in [4.69, 9.17) is 0 Å². The minimum Gasteiger partial charge on any atom is -0.354 e. The number of unbranched alkanes of at least 4 members (excludes halogenated alkanes) is 15. The van der Waals surface area contributed by atoms with Crippen molar-refractivity contribution < 1.29 is 0 Å². The van der Waals surface area contributed by atoms with Gasteiger partial charge in [0.05, 0.1) is 0 Å². The zero-order valence-electron chi connectivity index (χ0n) is 22.3. The van der Waals surface area contributed by atoms with Gasteiger partial charge in [0.25, 0.3) is 0 Å². The highest BCUT2D eigenvalue weighted by atomic mass is 15.4. The molecular formula is C31H54N2. The average Bonchev–Trinajstić information content (AvgIpc) is 3.22. The lowest BCUT2D eigenvalue weighted by molar-refractivity contribution is 0.110. The number of nitrogens with zero attached hydrogens (tertiary/aromatic N) is 2. The summed E-state index contributed by atoms with van der Waals surface area (Å²) in [5.41, 5.74) is 1.41. The van der Waals surface area contributed by atoms with Crippen LogP contribution in [0.25, 0.3) is 0 Å². The standard InChI is InChI=1S/C31H54N2/c1-4-5-6-7-8-9-10-11-12-13-14-15-16-17-18-22-25-31-32(26-27-33(31)29(2)3)28-30-23-20-19-21-24-30/h19-21,23-24,26-27,29,31H,4-18,22,25,28H2,1-3H3. The number of hydrogen-bond donors (Lipinski definition) is 0. The Kier molecular flexibility index (Phi) is 15.1. The Morgan fingerprint density at radius 3 is 1.61 bits per heavy atom. The molecule has 188 valence electrons. The topological polar surface area (TPSA) is 6.48 Å². The van der Waals surface area contributed by atoms with E-state index in [0.717, 1.165) is 6.54 Å². The highest BCUT2D eigenvalue weighted by molar-refractivity contribution is 5.16. The van der Waals surface area contributed by atoms with Gasteiger partial charge in [-0.3, -0.25) is 0 Å². The molecule has 0 radical (unpaired) electrons. The fraction of sp³-hybridized carbons (Fsp3) is 0.742. The van der Waals surface area contributed by atoms with E-state index in [9.17, 15) is 0 Å². The average molecular weight is 455 g/mol. The molecule has 33 heavy (non-hydrogen) atoms. The van der Waals surface area contributed by atoms with Crippen molar-refractivity contribution in [1.82, 2.24) is 9.80 Å². The lowest BCUT2D eigenvalue weighted by atomic mass is 10.0. The maximum atomic E-state index is 2.55. The molecule has 1 heterocycles. The smallest absolute Gasteiger partial charge is 0.101 e. The number of benzene rings is 1. The summed E-state index contributed by atoms with van der Waals surface area (Å²) in [6, 6.07) is 11.5. The molecule has 0 N–H and O–H groups in total. The zero-order valence-corrected chi connectivity index (χ0v) is 22.3. The van der Waals surface area contributed by atoms with Crippen LogP contribution in [0.15, 0.2) is 42.7 Å². The predicted octanol–water partition coefficient (Wildman–Crippen LogP) is 9.66. The van der Waals surface area contributed by atoms with Crippen LogP contribution < -0.4 is 0 Å². The summed E-state index contributed by atoms with van der Waals surface area (Å²) < 4.78 is 0. The fourth-order valence-corrected chi connectivity index (χ4v) is 5.19. The summed E-state index contributed by atoms with van der Waals surface area (Å²) in [7, 11) is 0. The molecule has 0 saturated heterocycles. The summed E-state index contributed by atoms with van der Waals surface area (Å²) >= 11 is 0. The van der Waals surface area contributed by atoms with Gasteiger partial charge >= 0.3 is 0 Å². The van der Waals surface area contributed by atoms with E-state index in [1.54, 1.807) is 0 Å². The van der Waals surface area contributed by atoms with Crippen molar-refractivity contribution in [3.05, 3.63) is 48.3 Å². The van der Waals surface area contributed by atoms with Gasteiger partial charge in [-0.25, -0.2) is 0 Å². The van der Waals surface area contributed by atoms with Crippen molar-refractivity contribution >= 4 is 0 Å². The SMILES string of the molecule is CCCCCCCCCCCCCCCCCCC1N(Cc2ccccc2)C=CN1C(C)C. The molecule has 2 rings (SSSR count). The van der Waals surface area contributed by atoms with Crippen molar-refractivity contribution in [2.45, 2.75) is 149 Å². The summed E-state index contributed by atoms with van der Waals surface area (Å²) in [6.45, 7) is 7.95. The molecule has 1 aliphatic rings. The second-order valence-electron chi connectivity index (χ2n) is 10.6. The first kappa shape index (κ1) is 27.8. The van der Waals surface area contributed by atoms with E-state index in [1.165, 1.54) is 115 Å². The molecule has 0 fully saturated rings. The van der Waals surface area contributed by atoms with Gasteiger partial charge < -0.3 is 9.80 Å². The minimum absolute atomic E-state index is 0.525. The van der Waals surface area contributed by atoms with Crippen LogP contribution in [0.4, 0.5) is 0 Å². The molecule has 0 spiro atoms. The molecule has 2 nitrogen and oxygen atoms in total. The van der Waals surface area contributed by atoms with Crippen LogP contribution >= 0.6 is 0 Å². The largest absolute Gasteiger partial charge is 0.354 e. The van der Waals surface area contributed by atoms with E-state index in [0.29, 0.717) is 12.2 Å². The van der Waals surface area contributed by atoms with E-state index < -0.39 is 0 Å². The van der Waals surface area contributed by atoms with Crippen LogP contribution in [0.5, 0.6) is 0 Å². The third-order valence-corrected chi connectivity index (χ3v) is 7.28. The van der Waals surface area contributed by atoms with Crippen LogP contribution in [-0.4, -0.2) is 22.0 Å². The summed E-state index contributed by atoms with van der Waals surface area (Å²) in [4.78, 5) is 5.09. The van der Waals surface area contributed by atoms with Gasteiger partial charge in [-0.1, -0.05) is 134 Å². The van der Waals surface area contributed by atoms with Crippen molar-refractivity contribution in [3.63, 3.8) is 0 Å². The molecule has 0 bridgehead atoms. The minimum atomic E-state index is 0.525. The first-order valence-electron chi connectivity index (χ1n) is 14.5. The first-order valence-corrected chi connectivity index (χ1v) is 14.5.